The van der Waals surface area contributed by atoms with Gasteiger partial charge in [-0.15, -0.1) is 0 Å². The number of carbonyl (C=O) groups excluding carboxylic acids is 2. The number of primary amides is 1. The summed E-state index contributed by atoms with van der Waals surface area (Å²) in [7, 11) is 0. The van der Waals surface area contributed by atoms with Gasteiger partial charge in [-0.25, -0.2) is 0 Å². The third-order valence-electron chi connectivity index (χ3n) is 11.5. The van der Waals surface area contributed by atoms with Crippen LogP contribution in [0.2, 0.25) is 0 Å². The molecule has 53 heavy (non-hydrogen) atoms. The molecule has 286 valence electrons. The number of amides is 2. The smallest absolute Gasteiger partial charge is 0.238 e. The van der Waals surface area contributed by atoms with Gasteiger partial charge in [-0.05, 0) is 108 Å². The summed E-state index contributed by atoms with van der Waals surface area (Å²) in [5.41, 5.74) is 4.75. The van der Waals surface area contributed by atoms with E-state index < -0.39 is 22.5 Å². The Morgan fingerprint density at radius 1 is 0.642 bits per heavy atom. The van der Waals surface area contributed by atoms with Crippen LogP contribution in [0.15, 0.2) is 84.9 Å². The fourth-order valence-electron chi connectivity index (χ4n) is 9.84. The maximum Gasteiger partial charge on any atom is 0.238 e. The minimum atomic E-state index is -1.32. The van der Waals surface area contributed by atoms with Crippen LogP contribution in [0.25, 0.3) is 21.5 Å². The lowest BCUT2D eigenvalue weighted by Crippen LogP contribution is -2.58. The van der Waals surface area contributed by atoms with E-state index in [0.29, 0.717) is 38.5 Å². The molecule has 6 heteroatoms. The average Bonchev–Trinajstić information content (AvgIpc) is 3.59. The summed E-state index contributed by atoms with van der Waals surface area (Å²) in [5, 5.41) is 30.2. The topological polar surface area (TPSA) is 104 Å². The minimum Gasteiger partial charge on any atom is -0.388 e. The van der Waals surface area contributed by atoms with Crippen LogP contribution in [-0.4, -0.2) is 51.2 Å². The molecule has 1 fully saturated rings. The minimum absolute atomic E-state index is 0.0387. The number of benzene rings is 4. The van der Waals surface area contributed by atoms with Gasteiger partial charge in [0, 0.05) is 13.1 Å². The molecule has 0 radical (unpaired) electrons. The Bertz CT molecular complexity index is 1720. The second kappa shape index (κ2) is 17.2. The van der Waals surface area contributed by atoms with E-state index in [0.717, 1.165) is 25.7 Å². The Morgan fingerprint density at radius 2 is 1.04 bits per heavy atom. The number of nitrogens with zero attached hydrogens (tertiary/aromatic N) is 1. The van der Waals surface area contributed by atoms with E-state index >= 15 is 0 Å². The quantitative estimate of drug-likeness (QED) is 0.0892. The molecule has 6 nitrogen and oxygen atoms in total. The highest BCUT2D eigenvalue weighted by Gasteiger charge is 2.51. The highest BCUT2D eigenvalue weighted by atomic mass is 16.3. The predicted octanol–water partition coefficient (Wildman–Crippen LogP) is 9.26. The Hall–Kier alpha value is -3.74. The van der Waals surface area contributed by atoms with Gasteiger partial charge in [0.2, 0.25) is 11.8 Å². The molecule has 4 unspecified atom stereocenters. The molecule has 1 aliphatic rings. The summed E-state index contributed by atoms with van der Waals surface area (Å²) < 4.78 is 0. The number of carbonyl (C=O) groups is 2. The van der Waals surface area contributed by atoms with Crippen molar-refractivity contribution in [2.24, 2.45) is 34.8 Å². The molecule has 2 amide bonds. The van der Waals surface area contributed by atoms with Crippen molar-refractivity contribution in [3.63, 3.8) is 0 Å². The molecule has 0 aliphatic heterocycles. The second-order valence-corrected chi connectivity index (χ2v) is 17.8. The van der Waals surface area contributed by atoms with E-state index in [1.165, 1.54) is 32.7 Å². The van der Waals surface area contributed by atoms with Crippen LogP contribution in [0.5, 0.6) is 0 Å². The number of hydrogen-bond acceptors (Lipinski definition) is 4. The Kier molecular flexibility index (Phi) is 13.1. The van der Waals surface area contributed by atoms with Gasteiger partial charge >= 0.3 is 0 Å². The van der Waals surface area contributed by atoms with Gasteiger partial charge in [0.15, 0.2) is 0 Å². The summed E-state index contributed by atoms with van der Waals surface area (Å²) >= 11 is 0. The lowest BCUT2D eigenvalue weighted by molar-refractivity contribution is -0.157. The van der Waals surface area contributed by atoms with Crippen LogP contribution in [-0.2, 0) is 22.4 Å². The fraction of sp³-hybridized carbons (Fsp3) is 0.532. The van der Waals surface area contributed by atoms with E-state index in [4.69, 9.17) is 5.73 Å². The normalized spacial score (nSPS) is 17.8. The first-order chi connectivity index (χ1) is 25.1. The van der Waals surface area contributed by atoms with Gasteiger partial charge in [0.1, 0.15) is 5.41 Å². The van der Waals surface area contributed by atoms with E-state index in [2.05, 4.69) is 126 Å². The maximum absolute atomic E-state index is 14.9. The fourth-order valence-corrected chi connectivity index (χ4v) is 9.84. The predicted molar refractivity (Wildman–Crippen MR) is 218 cm³/mol. The van der Waals surface area contributed by atoms with Crippen molar-refractivity contribution in [1.29, 1.82) is 0 Å². The van der Waals surface area contributed by atoms with Crippen LogP contribution >= 0.6 is 0 Å². The Morgan fingerprint density at radius 3 is 1.43 bits per heavy atom. The molecule has 0 heterocycles. The number of nitrogens with two attached hydrogens (primary N) is 1. The first-order valence-electron chi connectivity index (χ1n) is 20.1. The zero-order valence-electron chi connectivity index (χ0n) is 33.1. The molecule has 1 aliphatic carbocycles. The van der Waals surface area contributed by atoms with Gasteiger partial charge in [-0.3, -0.25) is 9.59 Å². The van der Waals surface area contributed by atoms with E-state index in [1.807, 2.05) is 0 Å². The maximum atomic E-state index is 14.9. The van der Waals surface area contributed by atoms with Crippen LogP contribution in [0.1, 0.15) is 104 Å². The summed E-state index contributed by atoms with van der Waals surface area (Å²) in [5.74, 6) is -0.405. The highest BCUT2D eigenvalue weighted by molar-refractivity contribution is 6.04. The van der Waals surface area contributed by atoms with Crippen LogP contribution in [0, 0.1) is 29.1 Å². The molecule has 0 aromatic heterocycles. The van der Waals surface area contributed by atoms with E-state index in [1.54, 1.807) is 4.90 Å². The van der Waals surface area contributed by atoms with Gasteiger partial charge in [0.05, 0.1) is 11.2 Å². The van der Waals surface area contributed by atoms with Crippen molar-refractivity contribution < 1.29 is 19.8 Å². The largest absolute Gasteiger partial charge is 0.388 e. The van der Waals surface area contributed by atoms with Crippen molar-refractivity contribution >= 4 is 33.4 Å². The summed E-state index contributed by atoms with van der Waals surface area (Å²) in [6.07, 6.45) is 5.78. The molecule has 4 N–H and O–H groups in total. The van der Waals surface area contributed by atoms with Crippen molar-refractivity contribution in [3.8, 4) is 0 Å². The molecule has 5 rings (SSSR count). The molecular weight excluding hydrogens is 657 g/mol. The third-order valence-corrected chi connectivity index (χ3v) is 11.5. The lowest BCUT2D eigenvalue weighted by atomic mass is 9.78. The molecule has 0 bridgehead atoms. The summed E-state index contributed by atoms with van der Waals surface area (Å²) in [6.45, 7) is 12.8. The zero-order valence-corrected chi connectivity index (χ0v) is 33.1. The highest BCUT2D eigenvalue weighted by Crippen LogP contribution is 2.42. The van der Waals surface area contributed by atoms with Crippen molar-refractivity contribution in [2.75, 3.05) is 13.1 Å². The van der Waals surface area contributed by atoms with Gasteiger partial charge < -0.3 is 20.8 Å². The Balaban J connectivity index is 1.46. The van der Waals surface area contributed by atoms with Gasteiger partial charge in [-0.1, -0.05) is 139 Å². The van der Waals surface area contributed by atoms with E-state index in [9.17, 15) is 19.8 Å². The SMILES string of the molecule is CC(C)CC(O)(CC(C)Cc1cccc2ccccc12)CN(CC(O)(CC(C)C)CC(C)Cc1cccc2ccccc12)C(=O)C1(C(N)=O)CCCC1. The van der Waals surface area contributed by atoms with Crippen molar-refractivity contribution in [2.45, 2.75) is 117 Å². The molecule has 1 saturated carbocycles. The standard InChI is InChI=1S/C47H64N2O4/c1-33(2)27-45(52,29-35(5)25-39-19-13-17-37-15-7-9-21-41(37)39)31-49(44(51)47(43(48)50)23-11-12-24-47)32-46(53,28-34(3)4)30-36(6)26-40-20-14-18-38-16-8-10-22-42(38)40/h7-10,13-22,33-36,52-53H,11-12,23-32H2,1-6H3,(H2,48,50). The summed E-state index contributed by atoms with van der Waals surface area (Å²) in [6, 6.07) is 29.6. The van der Waals surface area contributed by atoms with Crippen molar-refractivity contribution in [3.05, 3.63) is 96.1 Å². The number of aliphatic hydroxyl groups is 2. The average molecular weight is 721 g/mol. The first kappa shape index (κ1) is 40.4. The van der Waals surface area contributed by atoms with Crippen LogP contribution in [0.4, 0.5) is 0 Å². The lowest BCUT2D eigenvalue weighted by Gasteiger charge is -2.44. The Labute approximate surface area is 318 Å². The number of hydrogen-bond donors (Lipinski definition) is 3. The summed E-state index contributed by atoms with van der Waals surface area (Å²) in [4.78, 5) is 29.7. The molecule has 0 spiro atoms. The number of rotatable bonds is 18. The monoisotopic (exact) mass is 720 g/mol. The molecular formula is C47H64N2O4. The molecule has 4 aromatic rings. The zero-order chi connectivity index (χ0) is 38.4. The van der Waals surface area contributed by atoms with Crippen LogP contribution in [0.3, 0.4) is 0 Å². The second-order valence-electron chi connectivity index (χ2n) is 17.8. The van der Waals surface area contributed by atoms with Crippen LogP contribution < -0.4 is 5.73 Å². The van der Waals surface area contributed by atoms with E-state index in [-0.39, 0.29) is 42.7 Å². The molecule has 4 atom stereocenters. The van der Waals surface area contributed by atoms with Gasteiger partial charge in [-0.2, -0.15) is 0 Å². The molecule has 4 aromatic carbocycles. The van der Waals surface area contributed by atoms with Crippen molar-refractivity contribution in [1.82, 2.24) is 4.90 Å². The first-order valence-corrected chi connectivity index (χ1v) is 20.1. The third kappa shape index (κ3) is 10.1. The number of fused-ring (bicyclic) bond motifs is 2. The van der Waals surface area contributed by atoms with Gasteiger partial charge in [0.25, 0.3) is 0 Å². The molecule has 0 saturated heterocycles.